The van der Waals surface area contributed by atoms with E-state index in [0.29, 0.717) is 10.6 Å². The molecule has 0 fully saturated rings. The van der Waals surface area contributed by atoms with Crippen molar-refractivity contribution in [2.45, 2.75) is 0 Å². The molecule has 0 aliphatic heterocycles. The van der Waals surface area contributed by atoms with Crippen LogP contribution in [0.15, 0.2) is 65.8 Å². The molecule has 0 aromatic heterocycles. The molecule has 0 aliphatic carbocycles. The van der Waals surface area contributed by atoms with Crippen molar-refractivity contribution in [3.05, 3.63) is 92.0 Å². The van der Waals surface area contributed by atoms with Gasteiger partial charge in [0.1, 0.15) is 0 Å². The van der Waals surface area contributed by atoms with Gasteiger partial charge in [0.2, 0.25) is 0 Å². The minimum atomic E-state index is -1.05. The summed E-state index contributed by atoms with van der Waals surface area (Å²) in [4.78, 5) is 46.5. The van der Waals surface area contributed by atoms with Gasteiger partial charge in [-0.2, -0.15) is 5.10 Å². The smallest absolute Gasteiger partial charge is 0.343 e. The molecule has 2 N–H and O–H groups in total. The zero-order valence-electron chi connectivity index (χ0n) is 18.4. The summed E-state index contributed by atoms with van der Waals surface area (Å²) < 4.78 is 10.5. The van der Waals surface area contributed by atoms with Crippen LogP contribution in [0, 0.1) is 10.1 Å². The monoisotopic (exact) mass is 530 g/mol. The molecule has 36 heavy (non-hydrogen) atoms. The highest BCUT2D eigenvalue weighted by Gasteiger charge is 2.16. The number of hydrogen-bond donors (Lipinski definition) is 2. The molecule has 0 spiro atoms. The fourth-order valence-corrected chi connectivity index (χ4v) is 3.05. The number of hydrogen-bond acceptors (Lipinski definition) is 8. The van der Waals surface area contributed by atoms with E-state index in [1.54, 1.807) is 0 Å². The van der Waals surface area contributed by atoms with Gasteiger partial charge in [0.05, 0.1) is 34.5 Å². The summed E-state index contributed by atoms with van der Waals surface area (Å²) in [5.41, 5.74) is 2.62. The molecule has 2 amide bonds. The summed E-state index contributed by atoms with van der Waals surface area (Å²) in [5, 5.41) is 17.3. The average molecular weight is 531 g/mol. The van der Waals surface area contributed by atoms with Gasteiger partial charge in [-0.3, -0.25) is 19.7 Å². The molecule has 0 saturated heterocycles. The van der Waals surface area contributed by atoms with E-state index in [1.807, 2.05) is 0 Å². The van der Waals surface area contributed by atoms with Crippen molar-refractivity contribution in [2.75, 3.05) is 12.4 Å². The van der Waals surface area contributed by atoms with Crippen LogP contribution in [0.25, 0.3) is 0 Å². The number of nitro benzene ring substituents is 1. The molecule has 0 aliphatic rings. The zero-order valence-corrected chi connectivity index (χ0v) is 19.9. The predicted octanol–water partition coefficient (Wildman–Crippen LogP) is 4.22. The van der Waals surface area contributed by atoms with E-state index in [1.165, 1.54) is 74.0 Å². The molecule has 0 bridgehead atoms. The van der Waals surface area contributed by atoms with Gasteiger partial charge < -0.3 is 14.8 Å². The fraction of sp³-hybridized carbons (Fsp3) is 0.0435. The number of nitrogens with zero attached hydrogens (tertiary/aromatic N) is 2. The predicted molar refractivity (Wildman–Crippen MR) is 132 cm³/mol. The maximum Gasteiger partial charge on any atom is 0.343 e. The Morgan fingerprint density at radius 3 is 2.36 bits per heavy atom. The minimum absolute atomic E-state index is 0.0832. The summed E-state index contributed by atoms with van der Waals surface area (Å²) in [6.45, 7) is 0. The number of ether oxygens (including phenoxy) is 2. The summed E-state index contributed by atoms with van der Waals surface area (Å²) >= 11 is 11.8. The number of carbonyl (C=O) groups is 3. The fourth-order valence-electron chi connectivity index (χ4n) is 2.72. The first-order chi connectivity index (χ1) is 17.2. The summed E-state index contributed by atoms with van der Waals surface area (Å²) in [7, 11) is 1.35. The molecule has 13 heteroatoms. The van der Waals surface area contributed by atoms with Crippen LogP contribution >= 0.6 is 23.2 Å². The molecule has 184 valence electrons. The number of carbonyl (C=O) groups excluding carboxylic acids is 3. The van der Waals surface area contributed by atoms with Crippen molar-refractivity contribution >= 4 is 58.6 Å². The third-order valence-corrected chi connectivity index (χ3v) is 5.03. The standard InChI is InChI=1S/C23H16Cl2N4O7/c1-35-20-10-13(2-9-19(20)36-23(32)14-3-6-16(7-4-14)29(33)34)12-26-28-22(31)21(30)27-18-11-15(24)5-8-17(18)25/h2-12H,1H3,(H,27,30)(H,28,31). The molecule has 0 unspecified atom stereocenters. The molecule has 3 aromatic rings. The van der Waals surface area contributed by atoms with Crippen molar-refractivity contribution in [3.63, 3.8) is 0 Å². The first-order valence-corrected chi connectivity index (χ1v) is 10.7. The van der Waals surface area contributed by atoms with Crippen molar-refractivity contribution in [1.29, 1.82) is 0 Å². The lowest BCUT2D eigenvalue weighted by atomic mass is 10.2. The molecule has 0 radical (unpaired) electrons. The summed E-state index contributed by atoms with van der Waals surface area (Å²) in [6, 6.07) is 13.7. The number of methoxy groups -OCH3 is 1. The first kappa shape index (κ1) is 26.1. The number of nitro groups is 1. The van der Waals surface area contributed by atoms with Gasteiger partial charge in [-0.1, -0.05) is 23.2 Å². The van der Waals surface area contributed by atoms with E-state index >= 15 is 0 Å². The lowest BCUT2D eigenvalue weighted by Crippen LogP contribution is -2.32. The van der Waals surface area contributed by atoms with Crippen LogP contribution in [0.4, 0.5) is 11.4 Å². The Morgan fingerprint density at radius 1 is 0.972 bits per heavy atom. The largest absolute Gasteiger partial charge is 0.493 e. The maximum atomic E-state index is 12.4. The highest BCUT2D eigenvalue weighted by Crippen LogP contribution is 2.29. The molecule has 3 aromatic carbocycles. The third kappa shape index (κ3) is 6.78. The van der Waals surface area contributed by atoms with Gasteiger partial charge in [-0.25, -0.2) is 10.2 Å². The van der Waals surface area contributed by atoms with Gasteiger partial charge in [0.25, 0.3) is 5.69 Å². The lowest BCUT2D eigenvalue weighted by molar-refractivity contribution is -0.384. The second kappa shape index (κ2) is 11.8. The first-order valence-electron chi connectivity index (χ1n) is 9.92. The molecule has 0 heterocycles. The third-order valence-electron chi connectivity index (χ3n) is 4.47. The van der Waals surface area contributed by atoms with Gasteiger partial charge in [0, 0.05) is 17.2 Å². The van der Waals surface area contributed by atoms with E-state index in [-0.39, 0.29) is 33.5 Å². The topological polar surface area (TPSA) is 149 Å². The van der Waals surface area contributed by atoms with Crippen molar-refractivity contribution in [3.8, 4) is 11.5 Å². The van der Waals surface area contributed by atoms with Crippen LogP contribution in [0.2, 0.25) is 10.0 Å². The van der Waals surface area contributed by atoms with E-state index < -0.39 is 22.7 Å². The number of rotatable bonds is 7. The van der Waals surface area contributed by atoms with Crippen molar-refractivity contribution in [2.24, 2.45) is 5.10 Å². The van der Waals surface area contributed by atoms with Crippen molar-refractivity contribution in [1.82, 2.24) is 5.43 Å². The van der Waals surface area contributed by atoms with Gasteiger partial charge >= 0.3 is 17.8 Å². The Hall–Kier alpha value is -4.48. The second-order valence-electron chi connectivity index (χ2n) is 6.88. The highest BCUT2D eigenvalue weighted by molar-refractivity contribution is 6.42. The average Bonchev–Trinajstić information content (AvgIpc) is 2.86. The quantitative estimate of drug-likeness (QED) is 0.116. The lowest BCUT2D eigenvalue weighted by Gasteiger charge is -2.10. The van der Waals surface area contributed by atoms with Crippen LogP contribution in [0.3, 0.4) is 0 Å². The van der Waals surface area contributed by atoms with Crippen LogP contribution in [-0.2, 0) is 9.59 Å². The number of nitrogens with one attached hydrogen (secondary N) is 2. The number of hydrazone groups is 1. The van der Waals surface area contributed by atoms with Crippen molar-refractivity contribution < 1.29 is 28.8 Å². The van der Waals surface area contributed by atoms with E-state index in [0.717, 1.165) is 0 Å². The normalized spacial score (nSPS) is 10.5. The van der Waals surface area contributed by atoms with Gasteiger partial charge in [-0.15, -0.1) is 0 Å². The molecule has 3 rings (SSSR count). The number of esters is 1. The number of benzene rings is 3. The second-order valence-corrected chi connectivity index (χ2v) is 7.72. The molecule has 0 atom stereocenters. The van der Waals surface area contributed by atoms with Crippen LogP contribution < -0.4 is 20.2 Å². The summed E-state index contributed by atoms with van der Waals surface area (Å²) in [5.74, 6) is -2.55. The minimum Gasteiger partial charge on any atom is -0.493 e. The van der Waals surface area contributed by atoms with E-state index in [4.69, 9.17) is 32.7 Å². The zero-order chi connectivity index (χ0) is 26.2. The van der Waals surface area contributed by atoms with Crippen LogP contribution in [0.1, 0.15) is 15.9 Å². The number of non-ortho nitro benzene ring substituents is 1. The van der Waals surface area contributed by atoms with E-state index in [2.05, 4.69) is 15.8 Å². The van der Waals surface area contributed by atoms with Gasteiger partial charge in [-0.05, 0) is 54.1 Å². The molecule has 11 nitrogen and oxygen atoms in total. The Balaban J connectivity index is 1.62. The Labute approximate surface area is 213 Å². The number of halogens is 2. The molecular formula is C23H16Cl2N4O7. The summed E-state index contributed by atoms with van der Waals surface area (Å²) in [6.07, 6.45) is 1.24. The van der Waals surface area contributed by atoms with Crippen LogP contribution in [0.5, 0.6) is 11.5 Å². The highest BCUT2D eigenvalue weighted by atomic mass is 35.5. The number of amides is 2. The SMILES string of the molecule is COc1cc(C=NNC(=O)C(=O)Nc2cc(Cl)ccc2Cl)ccc1OC(=O)c1ccc([N+](=O)[O-])cc1. The Morgan fingerprint density at radius 2 is 1.69 bits per heavy atom. The molecular weight excluding hydrogens is 515 g/mol. The van der Waals surface area contributed by atoms with Gasteiger partial charge in [0.15, 0.2) is 11.5 Å². The Kier molecular flexibility index (Phi) is 8.55. The van der Waals surface area contributed by atoms with Crippen LogP contribution in [-0.4, -0.2) is 36.0 Å². The van der Waals surface area contributed by atoms with E-state index in [9.17, 15) is 24.5 Å². The molecule has 0 saturated carbocycles. The Bertz CT molecular complexity index is 1360. The number of anilines is 1. The maximum absolute atomic E-state index is 12.4.